The Balaban J connectivity index is 0.000000244. The molecule has 1 aromatic heterocycles. The summed E-state index contributed by atoms with van der Waals surface area (Å²) in [6.45, 7) is 2.01. The quantitative estimate of drug-likeness (QED) is 0.444. The lowest BCUT2D eigenvalue weighted by atomic mass is 10.0. The summed E-state index contributed by atoms with van der Waals surface area (Å²) in [5, 5.41) is 2.79. The molecule has 3 heterocycles. The molecule has 0 aliphatic carbocycles. The number of nitrogens with zero attached hydrogens (tertiary/aromatic N) is 3. The molecular weight excluding hydrogens is 454 g/mol. The van der Waals surface area contributed by atoms with Gasteiger partial charge < -0.3 is 27.4 Å². The molecule has 1 atom stereocenters. The maximum atomic E-state index is 11.8. The van der Waals surface area contributed by atoms with Gasteiger partial charge in [0, 0.05) is 38.0 Å². The molecule has 0 saturated carbocycles. The molecule has 2 aliphatic heterocycles. The van der Waals surface area contributed by atoms with Crippen LogP contribution in [-0.2, 0) is 4.79 Å². The molecule has 9 heteroatoms. The molecule has 7 N–H and O–H groups in total. The predicted octanol–water partition coefficient (Wildman–Crippen LogP) is 2.75. The molecule has 3 aromatic rings. The fourth-order valence-corrected chi connectivity index (χ4v) is 4.09. The standard InChI is InChI=1S/C15H13N3O.C11H15N3O.CH5N.H2/c16-14-15(19)17-12-9-5-4-8-11(12)13(18-14)10-6-2-1-3-7-10;12-11(15)9-8-13-5-4-10(9)14-6-2-1-3-7-14;1-2;/h1-9,14H,16H2,(H,17,19);4-5,8H,1-3,6-7H2,(H2,12,15);2H2,1H3;1H. The Morgan fingerprint density at radius 3 is 2.36 bits per heavy atom. The maximum absolute atomic E-state index is 11.8. The number of rotatable bonds is 3. The van der Waals surface area contributed by atoms with E-state index in [0.717, 1.165) is 41.3 Å². The zero-order valence-corrected chi connectivity index (χ0v) is 20.4. The van der Waals surface area contributed by atoms with Gasteiger partial charge in [-0.15, -0.1) is 0 Å². The average molecular weight is 490 g/mol. The molecule has 2 aliphatic rings. The molecule has 2 aromatic carbocycles. The van der Waals surface area contributed by atoms with Gasteiger partial charge in [0.1, 0.15) is 0 Å². The molecule has 1 unspecified atom stereocenters. The van der Waals surface area contributed by atoms with Crippen LogP contribution in [0.15, 0.2) is 78.0 Å². The van der Waals surface area contributed by atoms with Crippen molar-refractivity contribution in [2.75, 3.05) is 30.4 Å². The van der Waals surface area contributed by atoms with E-state index in [9.17, 15) is 9.59 Å². The highest BCUT2D eigenvalue weighted by Gasteiger charge is 2.22. The topological polar surface area (TPSA) is 153 Å². The van der Waals surface area contributed by atoms with E-state index >= 15 is 0 Å². The lowest BCUT2D eigenvalue weighted by molar-refractivity contribution is -0.117. The summed E-state index contributed by atoms with van der Waals surface area (Å²) in [6, 6.07) is 19.2. The lowest BCUT2D eigenvalue weighted by Gasteiger charge is -2.29. The number of para-hydroxylation sites is 1. The van der Waals surface area contributed by atoms with Crippen molar-refractivity contribution >= 4 is 28.9 Å². The van der Waals surface area contributed by atoms with Crippen molar-refractivity contribution in [3.8, 4) is 0 Å². The van der Waals surface area contributed by atoms with Gasteiger partial charge in [-0.1, -0.05) is 48.5 Å². The highest BCUT2D eigenvalue weighted by atomic mass is 16.2. The zero-order chi connectivity index (χ0) is 25.9. The van der Waals surface area contributed by atoms with Gasteiger partial charge in [-0.05, 0) is 38.4 Å². The van der Waals surface area contributed by atoms with Crippen LogP contribution in [0.4, 0.5) is 11.4 Å². The number of anilines is 2. The number of pyridine rings is 1. The zero-order valence-electron chi connectivity index (χ0n) is 20.4. The number of nitrogens with two attached hydrogens (primary N) is 3. The number of carbonyl (C=O) groups is 2. The third-order valence-corrected chi connectivity index (χ3v) is 5.78. The van der Waals surface area contributed by atoms with Crippen LogP contribution in [-0.4, -0.2) is 48.8 Å². The number of piperidine rings is 1. The number of aromatic nitrogens is 1. The summed E-state index contributed by atoms with van der Waals surface area (Å²) in [5.41, 5.74) is 20.4. The first-order valence-corrected chi connectivity index (χ1v) is 11.9. The molecular formula is C27H35N7O2. The number of aliphatic imine (C=N–C) groups is 1. The van der Waals surface area contributed by atoms with E-state index in [1.165, 1.54) is 26.3 Å². The molecule has 1 saturated heterocycles. The molecule has 190 valence electrons. The first-order valence-electron chi connectivity index (χ1n) is 11.9. The summed E-state index contributed by atoms with van der Waals surface area (Å²) >= 11 is 0. The average Bonchev–Trinajstić information content (AvgIpc) is 3.07. The molecule has 0 bridgehead atoms. The minimum Gasteiger partial charge on any atom is -0.371 e. The van der Waals surface area contributed by atoms with Crippen molar-refractivity contribution in [3.63, 3.8) is 0 Å². The molecule has 2 amide bonds. The minimum atomic E-state index is -0.886. The van der Waals surface area contributed by atoms with E-state index in [1.54, 1.807) is 12.4 Å². The summed E-state index contributed by atoms with van der Waals surface area (Å²) in [6.07, 6.45) is 6.00. The Kier molecular flexibility index (Phi) is 9.67. The number of primary amides is 1. The first-order chi connectivity index (χ1) is 17.5. The van der Waals surface area contributed by atoms with Crippen LogP contribution in [0.5, 0.6) is 0 Å². The van der Waals surface area contributed by atoms with Crippen molar-refractivity contribution in [1.29, 1.82) is 0 Å². The number of fused-ring (bicyclic) bond motifs is 1. The molecule has 0 spiro atoms. The van der Waals surface area contributed by atoms with Crippen molar-refractivity contribution < 1.29 is 11.0 Å². The fraction of sp³-hybridized carbons (Fsp3) is 0.259. The van der Waals surface area contributed by atoms with Crippen molar-refractivity contribution in [1.82, 2.24) is 4.98 Å². The van der Waals surface area contributed by atoms with Crippen LogP contribution in [0.3, 0.4) is 0 Å². The summed E-state index contributed by atoms with van der Waals surface area (Å²) in [4.78, 5) is 33.5. The lowest BCUT2D eigenvalue weighted by Crippen LogP contribution is -2.33. The van der Waals surface area contributed by atoms with Crippen LogP contribution in [0.25, 0.3) is 0 Å². The number of hydrogen-bond acceptors (Lipinski definition) is 7. The molecule has 1 fully saturated rings. The van der Waals surface area contributed by atoms with Crippen LogP contribution >= 0.6 is 0 Å². The van der Waals surface area contributed by atoms with Gasteiger partial charge in [0.05, 0.1) is 22.6 Å². The van der Waals surface area contributed by atoms with Crippen molar-refractivity contribution in [2.24, 2.45) is 22.2 Å². The van der Waals surface area contributed by atoms with Gasteiger partial charge in [0.25, 0.3) is 11.8 Å². The van der Waals surface area contributed by atoms with E-state index in [1.807, 2.05) is 60.7 Å². The molecule has 5 rings (SSSR count). The van der Waals surface area contributed by atoms with E-state index in [4.69, 9.17) is 11.5 Å². The third-order valence-electron chi connectivity index (χ3n) is 5.78. The van der Waals surface area contributed by atoms with Crippen LogP contribution in [0.1, 0.15) is 42.2 Å². The Hall–Kier alpha value is -4.08. The van der Waals surface area contributed by atoms with E-state index in [-0.39, 0.29) is 7.33 Å². The number of benzodiazepines with no additional fused rings is 1. The summed E-state index contributed by atoms with van der Waals surface area (Å²) in [5.74, 6) is -0.693. The Bertz CT molecular complexity index is 1200. The molecule has 0 radical (unpaired) electrons. The fourth-order valence-electron chi connectivity index (χ4n) is 4.09. The second-order valence-corrected chi connectivity index (χ2v) is 8.13. The van der Waals surface area contributed by atoms with Gasteiger partial charge in [0.15, 0.2) is 6.17 Å². The minimum absolute atomic E-state index is 0. The van der Waals surface area contributed by atoms with Crippen LogP contribution < -0.4 is 27.4 Å². The number of nitrogens with one attached hydrogen (secondary N) is 1. The van der Waals surface area contributed by atoms with Crippen molar-refractivity contribution in [2.45, 2.75) is 25.4 Å². The monoisotopic (exact) mass is 489 g/mol. The third kappa shape index (κ3) is 6.53. The van der Waals surface area contributed by atoms with Gasteiger partial charge >= 0.3 is 0 Å². The van der Waals surface area contributed by atoms with Gasteiger partial charge in [-0.25, -0.2) is 0 Å². The number of hydrogen-bond donors (Lipinski definition) is 4. The van der Waals surface area contributed by atoms with E-state index < -0.39 is 12.1 Å². The van der Waals surface area contributed by atoms with Crippen LogP contribution in [0, 0.1) is 0 Å². The SMILES string of the molecule is CN.NC(=O)c1cnccc1N1CCCCC1.NC1N=C(c2ccccc2)c2ccccc2NC1=O.[HH]. The van der Waals surface area contributed by atoms with Gasteiger partial charge in [-0.2, -0.15) is 0 Å². The Morgan fingerprint density at radius 1 is 1.00 bits per heavy atom. The van der Waals surface area contributed by atoms with Crippen LogP contribution in [0.2, 0.25) is 0 Å². The second kappa shape index (κ2) is 13.1. The van der Waals surface area contributed by atoms with Gasteiger partial charge in [-0.3, -0.25) is 19.6 Å². The smallest absolute Gasteiger partial charge is 0.263 e. The van der Waals surface area contributed by atoms with Gasteiger partial charge in [0.2, 0.25) is 0 Å². The Labute approximate surface area is 212 Å². The first kappa shape index (κ1) is 26.5. The van der Waals surface area contributed by atoms with Crippen molar-refractivity contribution in [3.05, 3.63) is 89.7 Å². The number of amides is 2. The summed E-state index contributed by atoms with van der Waals surface area (Å²) in [7, 11) is 1.50. The largest absolute Gasteiger partial charge is 0.371 e. The predicted molar refractivity (Wildman–Crippen MR) is 146 cm³/mol. The highest BCUT2D eigenvalue weighted by molar-refractivity contribution is 6.19. The number of benzene rings is 2. The van der Waals surface area contributed by atoms with E-state index in [2.05, 4.69) is 25.9 Å². The molecule has 36 heavy (non-hydrogen) atoms. The highest BCUT2D eigenvalue weighted by Crippen LogP contribution is 2.24. The maximum Gasteiger partial charge on any atom is 0.263 e. The Morgan fingerprint density at radius 2 is 1.67 bits per heavy atom. The summed E-state index contributed by atoms with van der Waals surface area (Å²) < 4.78 is 0. The van der Waals surface area contributed by atoms with E-state index in [0.29, 0.717) is 5.56 Å². The second-order valence-electron chi connectivity index (χ2n) is 8.13. The molecule has 9 nitrogen and oxygen atoms in total. The normalized spacial score (nSPS) is 16.5. The number of carbonyl (C=O) groups excluding carboxylic acids is 2.